The van der Waals surface area contributed by atoms with Crippen LogP contribution in [0.15, 0.2) is 45.9 Å². The Balaban J connectivity index is 2.00. The number of sulfonamides is 1. The molecule has 0 fully saturated rings. The Morgan fingerprint density at radius 2 is 2.09 bits per heavy atom. The maximum absolute atomic E-state index is 12.1. The summed E-state index contributed by atoms with van der Waals surface area (Å²) in [6.07, 6.45) is 2.75. The van der Waals surface area contributed by atoms with E-state index in [4.69, 9.17) is 4.42 Å². The highest BCUT2D eigenvalue weighted by molar-refractivity contribution is 7.89. The summed E-state index contributed by atoms with van der Waals surface area (Å²) in [7, 11) is -3.76. The number of hydrogen-bond donors (Lipinski definition) is 1. The van der Waals surface area contributed by atoms with Crippen LogP contribution in [0.2, 0.25) is 0 Å². The van der Waals surface area contributed by atoms with Crippen LogP contribution in [0, 0.1) is 17.0 Å². The van der Waals surface area contributed by atoms with Gasteiger partial charge in [-0.3, -0.25) is 10.1 Å². The highest BCUT2D eigenvalue weighted by Crippen LogP contribution is 2.22. The van der Waals surface area contributed by atoms with E-state index in [9.17, 15) is 18.5 Å². The first-order valence-corrected chi connectivity index (χ1v) is 8.15. The predicted octanol–water partition coefficient (Wildman–Crippen LogP) is 2.41. The second kappa shape index (κ2) is 6.71. The summed E-state index contributed by atoms with van der Waals surface area (Å²) in [6.45, 7) is 1.79. The Morgan fingerprint density at radius 1 is 1.32 bits per heavy atom. The minimum Gasteiger partial charge on any atom is -0.469 e. The minimum absolute atomic E-state index is 0.109. The molecule has 8 heteroatoms. The number of rotatable bonds is 7. The van der Waals surface area contributed by atoms with Gasteiger partial charge in [0.05, 0.1) is 16.1 Å². The van der Waals surface area contributed by atoms with E-state index in [1.807, 2.05) is 6.07 Å². The fourth-order valence-corrected chi connectivity index (χ4v) is 3.05. The molecular weight excluding hydrogens is 308 g/mol. The first-order chi connectivity index (χ1) is 10.4. The standard InChI is InChI=1S/C14H16N2O5S/c1-11-6-7-13(10-14(11)16(17)18)22(19,20)15-8-2-4-12-5-3-9-21-12/h3,5-7,9-10,15H,2,4,8H2,1H3. The van der Waals surface area contributed by atoms with Crippen LogP contribution >= 0.6 is 0 Å². The van der Waals surface area contributed by atoms with Gasteiger partial charge in [0.1, 0.15) is 5.76 Å². The number of nitrogens with zero attached hydrogens (tertiary/aromatic N) is 1. The molecule has 0 radical (unpaired) electrons. The Labute approximate surface area is 128 Å². The van der Waals surface area contributed by atoms with Crippen LogP contribution in [-0.2, 0) is 16.4 Å². The van der Waals surface area contributed by atoms with Crippen LogP contribution < -0.4 is 4.72 Å². The van der Waals surface area contributed by atoms with E-state index in [1.165, 1.54) is 12.1 Å². The van der Waals surface area contributed by atoms with Crippen LogP contribution in [0.5, 0.6) is 0 Å². The number of furan rings is 1. The summed E-state index contributed by atoms with van der Waals surface area (Å²) in [5, 5.41) is 10.9. The molecule has 22 heavy (non-hydrogen) atoms. The topological polar surface area (TPSA) is 102 Å². The summed E-state index contributed by atoms with van der Waals surface area (Å²) in [5.41, 5.74) is 0.209. The average Bonchev–Trinajstić information content (AvgIpc) is 2.97. The van der Waals surface area contributed by atoms with Gasteiger partial charge in [-0.15, -0.1) is 0 Å². The lowest BCUT2D eigenvalue weighted by atomic mass is 10.2. The smallest absolute Gasteiger partial charge is 0.273 e. The molecule has 2 rings (SSSR count). The predicted molar refractivity (Wildman–Crippen MR) is 80.1 cm³/mol. The lowest BCUT2D eigenvalue weighted by molar-refractivity contribution is -0.385. The van der Waals surface area contributed by atoms with Gasteiger partial charge in [0.25, 0.3) is 5.69 Å². The third kappa shape index (κ3) is 3.92. The third-order valence-corrected chi connectivity index (χ3v) is 4.62. The van der Waals surface area contributed by atoms with Crippen LogP contribution in [0.3, 0.4) is 0 Å². The van der Waals surface area contributed by atoms with Crippen LogP contribution in [-0.4, -0.2) is 19.9 Å². The molecule has 0 spiro atoms. The lowest BCUT2D eigenvalue weighted by Crippen LogP contribution is -2.25. The van der Waals surface area contributed by atoms with Crippen molar-refractivity contribution in [1.29, 1.82) is 0 Å². The molecule has 0 amide bonds. The molecule has 7 nitrogen and oxygen atoms in total. The molecule has 1 N–H and O–H groups in total. The molecule has 1 aromatic heterocycles. The highest BCUT2D eigenvalue weighted by atomic mass is 32.2. The van der Waals surface area contributed by atoms with Gasteiger partial charge >= 0.3 is 0 Å². The average molecular weight is 324 g/mol. The van der Waals surface area contributed by atoms with E-state index in [2.05, 4.69) is 4.72 Å². The molecule has 1 aromatic carbocycles. The van der Waals surface area contributed by atoms with Crippen molar-refractivity contribution in [3.05, 3.63) is 58.0 Å². The van der Waals surface area contributed by atoms with E-state index >= 15 is 0 Å². The molecule has 2 aromatic rings. The third-order valence-electron chi connectivity index (χ3n) is 3.16. The van der Waals surface area contributed by atoms with Gasteiger partial charge in [-0.25, -0.2) is 13.1 Å². The Kier molecular flexibility index (Phi) is 4.94. The van der Waals surface area contributed by atoms with Gasteiger partial charge in [0.15, 0.2) is 0 Å². The fraction of sp³-hybridized carbons (Fsp3) is 0.286. The number of nitrogens with one attached hydrogen (secondary N) is 1. The fourth-order valence-electron chi connectivity index (χ4n) is 1.96. The van der Waals surface area contributed by atoms with Gasteiger partial charge in [-0.2, -0.15) is 0 Å². The summed E-state index contributed by atoms with van der Waals surface area (Å²) < 4.78 is 31.8. The zero-order valence-corrected chi connectivity index (χ0v) is 12.8. The quantitative estimate of drug-likeness (QED) is 0.478. The molecule has 0 aliphatic heterocycles. The van der Waals surface area contributed by atoms with Gasteiger partial charge < -0.3 is 4.42 Å². The van der Waals surface area contributed by atoms with Crippen molar-refractivity contribution in [2.24, 2.45) is 0 Å². The molecule has 0 saturated heterocycles. The second-order valence-corrected chi connectivity index (χ2v) is 6.55. The van der Waals surface area contributed by atoms with E-state index < -0.39 is 14.9 Å². The highest BCUT2D eigenvalue weighted by Gasteiger charge is 2.19. The van der Waals surface area contributed by atoms with E-state index in [1.54, 1.807) is 19.3 Å². The summed E-state index contributed by atoms with van der Waals surface area (Å²) in [5.74, 6) is 0.783. The molecule has 0 aliphatic rings. The first-order valence-electron chi connectivity index (χ1n) is 6.67. The van der Waals surface area contributed by atoms with Crippen LogP contribution in [0.1, 0.15) is 17.7 Å². The van der Waals surface area contributed by atoms with Crippen LogP contribution in [0.25, 0.3) is 0 Å². The molecule has 0 atom stereocenters. The van der Waals surface area contributed by atoms with Crippen molar-refractivity contribution in [2.75, 3.05) is 6.54 Å². The monoisotopic (exact) mass is 324 g/mol. The summed E-state index contributed by atoms with van der Waals surface area (Å²) in [6, 6.07) is 7.44. The number of nitro groups is 1. The number of hydrogen-bond acceptors (Lipinski definition) is 5. The van der Waals surface area contributed by atoms with E-state index in [0.29, 0.717) is 18.4 Å². The number of aryl methyl sites for hydroxylation is 2. The maximum atomic E-state index is 12.1. The van der Waals surface area contributed by atoms with Crippen LogP contribution in [0.4, 0.5) is 5.69 Å². The Hall–Kier alpha value is -2.19. The normalized spacial score (nSPS) is 11.5. The Bertz CT molecular complexity index is 754. The molecule has 0 aliphatic carbocycles. The summed E-state index contributed by atoms with van der Waals surface area (Å²) in [4.78, 5) is 10.2. The second-order valence-electron chi connectivity index (χ2n) is 4.79. The van der Waals surface area contributed by atoms with Gasteiger partial charge in [-0.1, -0.05) is 6.07 Å². The van der Waals surface area contributed by atoms with Crippen molar-refractivity contribution in [2.45, 2.75) is 24.7 Å². The molecule has 0 bridgehead atoms. The first kappa shape index (κ1) is 16.2. The Morgan fingerprint density at radius 3 is 2.73 bits per heavy atom. The molecule has 0 saturated carbocycles. The van der Waals surface area contributed by atoms with Crippen molar-refractivity contribution in [3.63, 3.8) is 0 Å². The van der Waals surface area contributed by atoms with Gasteiger partial charge in [-0.05, 0) is 31.5 Å². The van der Waals surface area contributed by atoms with Crippen molar-refractivity contribution < 1.29 is 17.8 Å². The minimum atomic E-state index is -3.76. The van der Waals surface area contributed by atoms with E-state index in [0.717, 1.165) is 11.8 Å². The molecule has 118 valence electrons. The van der Waals surface area contributed by atoms with Gasteiger partial charge in [0, 0.05) is 24.6 Å². The van der Waals surface area contributed by atoms with E-state index in [-0.39, 0.29) is 17.1 Å². The zero-order chi connectivity index (χ0) is 16.2. The largest absolute Gasteiger partial charge is 0.469 e. The SMILES string of the molecule is Cc1ccc(S(=O)(=O)NCCCc2ccco2)cc1[N+](=O)[O-]. The molecule has 0 unspecified atom stereocenters. The maximum Gasteiger partial charge on any atom is 0.273 e. The van der Waals surface area contributed by atoms with Crippen molar-refractivity contribution in [3.8, 4) is 0 Å². The number of nitro benzene ring substituents is 1. The van der Waals surface area contributed by atoms with Gasteiger partial charge in [0.2, 0.25) is 10.0 Å². The number of benzene rings is 1. The summed E-state index contributed by atoms with van der Waals surface area (Å²) >= 11 is 0. The molecule has 1 heterocycles. The van der Waals surface area contributed by atoms with Crippen molar-refractivity contribution >= 4 is 15.7 Å². The zero-order valence-electron chi connectivity index (χ0n) is 12.0. The molecular formula is C14H16N2O5S. The van der Waals surface area contributed by atoms with Crippen molar-refractivity contribution in [1.82, 2.24) is 4.72 Å². The lowest BCUT2D eigenvalue weighted by Gasteiger charge is -2.07.